The quantitative estimate of drug-likeness (QED) is 0.894. The van der Waals surface area contributed by atoms with Gasteiger partial charge >= 0.3 is 5.97 Å². The summed E-state index contributed by atoms with van der Waals surface area (Å²) in [6.07, 6.45) is 0.204. The molecule has 1 saturated carbocycles. The zero-order valence-electron chi connectivity index (χ0n) is 11.5. The Labute approximate surface area is 122 Å². The van der Waals surface area contributed by atoms with Crippen molar-refractivity contribution in [2.75, 3.05) is 12.5 Å². The van der Waals surface area contributed by atoms with Crippen LogP contribution in [0, 0.1) is 5.82 Å². The molecule has 0 amide bonds. The Bertz CT molecular complexity index is 834. The predicted molar refractivity (Wildman–Crippen MR) is 74.3 cm³/mol. The van der Waals surface area contributed by atoms with E-state index in [1.807, 2.05) is 0 Å². The molecule has 0 unspecified atom stereocenters. The predicted octanol–water partition coefficient (Wildman–Crippen LogP) is 1.50. The van der Waals surface area contributed by atoms with Gasteiger partial charge in [0.15, 0.2) is 11.6 Å². The number of aromatic nitrogens is 1. The van der Waals surface area contributed by atoms with E-state index in [0.717, 1.165) is 16.9 Å². The molecule has 1 heterocycles. The summed E-state index contributed by atoms with van der Waals surface area (Å²) in [6.45, 7) is 0. The minimum absolute atomic E-state index is 0.0262. The van der Waals surface area contributed by atoms with Gasteiger partial charge in [0, 0.05) is 12.6 Å². The highest BCUT2D eigenvalue weighted by Gasteiger charge is 2.38. The molecule has 1 aliphatic rings. The van der Waals surface area contributed by atoms with Crippen LogP contribution in [0.5, 0.6) is 5.75 Å². The zero-order valence-corrected chi connectivity index (χ0v) is 11.5. The highest BCUT2D eigenvalue weighted by atomic mass is 19.1. The topological polar surface area (TPSA) is 80.6 Å². The summed E-state index contributed by atoms with van der Waals surface area (Å²) >= 11 is 0. The van der Waals surface area contributed by atoms with E-state index in [-0.39, 0.29) is 23.1 Å². The minimum atomic E-state index is -1.42. The van der Waals surface area contributed by atoms with Crippen molar-refractivity contribution in [3.63, 3.8) is 0 Å². The second-order valence-corrected chi connectivity index (χ2v) is 5.01. The van der Waals surface area contributed by atoms with Crippen LogP contribution in [0.3, 0.4) is 0 Å². The summed E-state index contributed by atoms with van der Waals surface area (Å²) in [5, 5.41) is 9.09. The summed E-state index contributed by atoms with van der Waals surface area (Å²) < 4.78 is 33.1. The summed E-state index contributed by atoms with van der Waals surface area (Å²) in [5.74, 6) is -2.34. The average molecular weight is 310 g/mol. The Balaban J connectivity index is 2.33. The number of carbonyl (C=O) groups is 1. The molecule has 1 aromatic heterocycles. The zero-order chi connectivity index (χ0) is 16.0. The van der Waals surface area contributed by atoms with Crippen LogP contribution in [0.4, 0.5) is 8.78 Å². The lowest BCUT2D eigenvalue weighted by atomic mass is 10.1. The fourth-order valence-corrected chi connectivity index (χ4v) is 2.29. The molecule has 2 atom stereocenters. The van der Waals surface area contributed by atoms with Gasteiger partial charge in [-0.2, -0.15) is 0 Å². The highest BCUT2D eigenvalue weighted by molar-refractivity contribution is 5.94. The van der Waals surface area contributed by atoms with Gasteiger partial charge in [-0.25, -0.2) is 13.6 Å². The molecule has 3 rings (SSSR count). The van der Waals surface area contributed by atoms with E-state index in [1.54, 1.807) is 0 Å². The number of alkyl halides is 1. The average Bonchev–Trinajstić information content (AvgIpc) is 3.16. The van der Waals surface area contributed by atoms with Crippen molar-refractivity contribution in [1.29, 1.82) is 0 Å². The van der Waals surface area contributed by atoms with Crippen LogP contribution in [0.25, 0.3) is 10.9 Å². The van der Waals surface area contributed by atoms with E-state index in [1.165, 1.54) is 13.2 Å². The number of carboxylic acids is 1. The van der Waals surface area contributed by atoms with Gasteiger partial charge in [-0.15, -0.1) is 0 Å². The Morgan fingerprint density at radius 1 is 1.50 bits per heavy atom. The van der Waals surface area contributed by atoms with Crippen molar-refractivity contribution >= 4 is 16.9 Å². The normalized spacial score (nSPS) is 20.0. The Morgan fingerprint density at radius 3 is 2.73 bits per heavy atom. The first-order valence-corrected chi connectivity index (χ1v) is 6.49. The minimum Gasteiger partial charge on any atom is -0.491 e. The van der Waals surface area contributed by atoms with Gasteiger partial charge in [0.25, 0.3) is 0 Å². The molecule has 0 spiro atoms. The van der Waals surface area contributed by atoms with Crippen molar-refractivity contribution in [3.8, 4) is 5.75 Å². The van der Waals surface area contributed by atoms with E-state index in [2.05, 4.69) is 5.43 Å². The van der Waals surface area contributed by atoms with E-state index in [0.29, 0.717) is 0 Å². The molecule has 0 saturated heterocycles. The number of halogens is 2. The van der Waals surface area contributed by atoms with Crippen molar-refractivity contribution in [1.82, 2.24) is 4.68 Å². The maximum Gasteiger partial charge on any atom is 0.341 e. The number of methoxy groups -OCH3 is 1. The molecule has 22 heavy (non-hydrogen) atoms. The summed E-state index contributed by atoms with van der Waals surface area (Å²) in [5.41, 5.74) is 1.51. The molecule has 1 fully saturated rings. The molecule has 0 bridgehead atoms. The number of hydrogen-bond donors (Lipinski definition) is 2. The van der Waals surface area contributed by atoms with Crippen LogP contribution in [-0.2, 0) is 0 Å². The molecular formula is C14H12F2N2O4. The number of benzene rings is 1. The second-order valence-electron chi connectivity index (χ2n) is 5.01. The number of hydrogen-bond acceptors (Lipinski definition) is 4. The summed E-state index contributed by atoms with van der Waals surface area (Å²) in [6, 6.07) is 1.69. The van der Waals surface area contributed by atoms with E-state index in [4.69, 9.17) is 9.84 Å². The SMILES string of the molecule is COc1c(F)ccc2c(=O)c(C(=O)O)cn(N[C@@H]3C[C@@H]3F)c12. The van der Waals surface area contributed by atoms with E-state index < -0.39 is 35.0 Å². The van der Waals surface area contributed by atoms with Crippen molar-refractivity contribution in [3.05, 3.63) is 39.9 Å². The van der Waals surface area contributed by atoms with E-state index in [9.17, 15) is 18.4 Å². The van der Waals surface area contributed by atoms with Crippen LogP contribution in [0.2, 0.25) is 0 Å². The first-order chi connectivity index (χ1) is 10.4. The van der Waals surface area contributed by atoms with Crippen LogP contribution >= 0.6 is 0 Å². The van der Waals surface area contributed by atoms with Crippen molar-refractivity contribution in [2.24, 2.45) is 0 Å². The van der Waals surface area contributed by atoms with Crippen LogP contribution in [0.1, 0.15) is 16.8 Å². The van der Waals surface area contributed by atoms with Gasteiger partial charge in [0.05, 0.1) is 18.5 Å². The maximum atomic E-state index is 13.9. The lowest BCUT2D eigenvalue weighted by molar-refractivity contribution is 0.0695. The number of nitrogens with one attached hydrogen (secondary N) is 1. The third-order valence-electron chi connectivity index (χ3n) is 3.52. The number of fused-ring (bicyclic) bond motifs is 1. The first-order valence-electron chi connectivity index (χ1n) is 6.49. The van der Waals surface area contributed by atoms with Gasteiger partial charge in [-0.3, -0.25) is 9.47 Å². The monoisotopic (exact) mass is 310 g/mol. The fraction of sp³-hybridized carbons (Fsp3) is 0.286. The number of pyridine rings is 1. The van der Waals surface area contributed by atoms with Gasteiger partial charge in [-0.05, 0) is 12.1 Å². The molecule has 1 aromatic carbocycles. The highest BCUT2D eigenvalue weighted by Crippen LogP contribution is 2.30. The smallest absolute Gasteiger partial charge is 0.341 e. The first kappa shape index (κ1) is 14.3. The maximum absolute atomic E-state index is 13.9. The second kappa shape index (κ2) is 4.97. The van der Waals surface area contributed by atoms with Crippen molar-refractivity contribution < 1.29 is 23.4 Å². The van der Waals surface area contributed by atoms with E-state index >= 15 is 0 Å². The number of ether oxygens (including phenoxy) is 1. The number of rotatable bonds is 4. The van der Waals surface area contributed by atoms with Crippen LogP contribution in [0.15, 0.2) is 23.1 Å². The Hall–Kier alpha value is -2.64. The number of aromatic carboxylic acids is 1. The molecule has 116 valence electrons. The van der Waals surface area contributed by atoms with Crippen molar-refractivity contribution in [2.45, 2.75) is 18.6 Å². The number of nitrogens with zero attached hydrogens (tertiary/aromatic N) is 1. The van der Waals surface area contributed by atoms with Gasteiger partial charge in [-0.1, -0.05) is 0 Å². The molecule has 2 aromatic rings. The molecule has 0 aliphatic heterocycles. The molecule has 2 N–H and O–H groups in total. The summed E-state index contributed by atoms with van der Waals surface area (Å²) in [7, 11) is 1.23. The molecule has 1 aliphatic carbocycles. The molecular weight excluding hydrogens is 298 g/mol. The van der Waals surface area contributed by atoms with Gasteiger partial charge in [0.1, 0.15) is 17.3 Å². The van der Waals surface area contributed by atoms with Crippen LogP contribution < -0.4 is 15.6 Å². The van der Waals surface area contributed by atoms with Crippen LogP contribution in [-0.4, -0.2) is 35.1 Å². The van der Waals surface area contributed by atoms with Gasteiger partial charge < -0.3 is 15.3 Å². The third-order valence-corrected chi connectivity index (χ3v) is 3.52. The van der Waals surface area contributed by atoms with Gasteiger partial charge in [0.2, 0.25) is 5.43 Å². The molecule has 6 nitrogen and oxygen atoms in total. The fourth-order valence-electron chi connectivity index (χ4n) is 2.29. The lowest BCUT2D eigenvalue weighted by Gasteiger charge is -2.16. The summed E-state index contributed by atoms with van der Waals surface area (Å²) in [4.78, 5) is 23.4. The Kier molecular flexibility index (Phi) is 3.23. The third kappa shape index (κ3) is 2.16. The lowest BCUT2D eigenvalue weighted by Crippen LogP contribution is -2.26. The number of carboxylic acid groups (broad SMARTS) is 1. The Morgan fingerprint density at radius 2 is 2.18 bits per heavy atom. The standard InChI is InChI=1S/C14H12F2N2O4/c1-22-13-8(15)3-2-6-11(13)18(17-10-4-9(10)16)5-7(12(6)19)14(20)21/h2-3,5,9-10,17H,4H2,1H3,(H,20,21)/t9-,10+/m0/s1. The largest absolute Gasteiger partial charge is 0.491 e. The molecule has 0 radical (unpaired) electrons. The molecule has 8 heteroatoms.